The Labute approximate surface area is 250 Å². The van der Waals surface area contributed by atoms with E-state index in [1.54, 1.807) is 12.2 Å². The van der Waals surface area contributed by atoms with Crippen LogP contribution >= 0.6 is 0 Å². The molecule has 2 atom stereocenters. The lowest BCUT2D eigenvalue weighted by Crippen LogP contribution is -2.67. The number of hydrogen-bond acceptors (Lipinski definition) is 4. The first kappa shape index (κ1) is 32.8. The summed E-state index contributed by atoms with van der Waals surface area (Å²) in [7, 11) is -4.18. The van der Waals surface area contributed by atoms with Gasteiger partial charge in [0, 0.05) is 12.5 Å². The van der Waals surface area contributed by atoms with Crippen LogP contribution in [0.25, 0.3) is 0 Å². The summed E-state index contributed by atoms with van der Waals surface area (Å²) in [5, 5.41) is 2.12. The van der Waals surface area contributed by atoms with Gasteiger partial charge in [-0.25, -0.2) is 8.93 Å². The van der Waals surface area contributed by atoms with Crippen LogP contribution in [-0.2, 0) is 31.5 Å². The van der Waals surface area contributed by atoms with Crippen molar-refractivity contribution in [3.05, 3.63) is 109 Å². The summed E-state index contributed by atoms with van der Waals surface area (Å²) >= 11 is 0. The highest BCUT2D eigenvalue weighted by molar-refractivity contribution is 7.84. The van der Waals surface area contributed by atoms with Crippen LogP contribution < -0.4 is 15.1 Å². The van der Waals surface area contributed by atoms with Crippen molar-refractivity contribution < 1.29 is 18.2 Å². The molecule has 5 nitrogen and oxygen atoms in total. The van der Waals surface area contributed by atoms with Crippen LogP contribution in [-0.4, -0.2) is 42.3 Å². The quantitative estimate of drug-likeness (QED) is 0.148. The van der Waals surface area contributed by atoms with E-state index in [2.05, 4.69) is 49.8 Å². The molecule has 41 heavy (non-hydrogen) atoms. The molecule has 0 saturated heterocycles. The zero-order chi connectivity index (χ0) is 29.9. The summed E-state index contributed by atoms with van der Waals surface area (Å²) < 4.78 is 28.7. The zero-order valence-corrected chi connectivity index (χ0v) is 27.1. The standard InChI is InChI=1S/C34H45NO4SSi/c1-33(2,3)40(37)35-29(25-30(36)19-16-24-38-26-28-17-10-7-11-18-28)27-39-41(34(4,5)6,31-20-12-8-13-21-31)32-22-14-9-15-23-32/h7-23,29,35H,24-27H2,1-6H3/b19-16+/t29-,40?/m1/s1. The highest BCUT2D eigenvalue weighted by atomic mass is 32.2. The number of ether oxygens (including phenoxy) is 1. The van der Waals surface area contributed by atoms with Crippen LogP contribution in [0.1, 0.15) is 53.5 Å². The molecule has 0 aliphatic heterocycles. The first-order valence-electron chi connectivity index (χ1n) is 14.2. The predicted molar refractivity (Wildman–Crippen MR) is 173 cm³/mol. The molecule has 3 rings (SSSR count). The van der Waals surface area contributed by atoms with Crippen LogP contribution in [0.3, 0.4) is 0 Å². The number of carbonyl (C=O) groups excluding carboxylic acids is 1. The first-order valence-corrected chi connectivity index (χ1v) is 17.2. The number of hydrogen-bond donors (Lipinski definition) is 1. The minimum Gasteiger partial charge on any atom is -0.406 e. The molecule has 0 aliphatic carbocycles. The molecule has 0 spiro atoms. The Hall–Kier alpha value is -2.68. The highest BCUT2D eigenvalue weighted by Crippen LogP contribution is 2.37. The zero-order valence-electron chi connectivity index (χ0n) is 25.3. The fourth-order valence-corrected chi connectivity index (χ4v) is 10.2. The SMILES string of the molecule is CC(C)(C)S(=O)N[C@@H](CO[Si](c1ccccc1)(c1ccccc1)C(C)(C)C)CC(=O)/C=C/COCc1ccccc1. The number of nitrogens with one attached hydrogen (secondary N) is 1. The molecule has 0 amide bonds. The van der Waals surface area contributed by atoms with Crippen molar-refractivity contribution in [3.8, 4) is 0 Å². The lowest BCUT2D eigenvalue weighted by molar-refractivity contribution is -0.115. The highest BCUT2D eigenvalue weighted by Gasteiger charge is 2.50. The maximum absolute atomic E-state index is 13.2. The van der Waals surface area contributed by atoms with E-state index in [1.807, 2.05) is 87.5 Å². The van der Waals surface area contributed by atoms with Gasteiger partial charge in [-0.05, 0) is 47.8 Å². The average Bonchev–Trinajstić information content (AvgIpc) is 2.93. The molecule has 0 fully saturated rings. The maximum Gasteiger partial charge on any atom is 0.261 e. The Kier molecular flexibility index (Phi) is 12.0. The largest absolute Gasteiger partial charge is 0.406 e. The molecule has 0 heterocycles. The van der Waals surface area contributed by atoms with Gasteiger partial charge in [-0.15, -0.1) is 0 Å². The van der Waals surface area contributed by atoms with Gasteiger partial charge in [0.25, 0.3) is 8.32 Å². The van der Waals surface area contributed by atoms with E-state index < -0.39 is 30.1 Å². The van der Waals surface area contributed by atoms with Gasteiger partial charge in [-0.1, -0.05) is 118 Å². The predicted octanol–water partition coefficient (Wildman–Crippen LogP) is 5.72. The van der Waals surface area contributed by atoms with Gasteiger partial charge in [-0.3, -0.25) is 4.79 Å². The normalized spacial score (nSPS) is 14.2. The summed E-state index contributed by atoms with van der Waals surface area (Å²) in [4.78, 5) is 13.1. The average molecular weight is 592 g/mol. The third-order valence-corrected chi connectivity index (χ3v) is 13.5. The monoisotopic (exact) mass is 591 g/mol. The van der Waals surface area contributed by atoms with Gasteiger partial charge in [0.1, 0.15) is 0 Å². The van der Waals surface area contributed by atoms with Crippen LogP contribution in [0.2, 0.25) is 5.04 Å². The van der Waals surface area contributed by atoms with E-state index in [0.29, 0.717) is 13.2 Å². The molecule has 1 unspecified atom stereocenters. The third kappa shape index (κ3) is 9.41. The van der Waals surface area contributed by atoms with Crippen LogP contribution in [0, 0.1) is 0 Å². The Morgan fingerprint density at radius 1 is 0.854 bits per heavy atom. The van der Waals surface area contributed by atoms with E-state index >= 15 is 0 Å². The van der Waals surface area contributed by atoms with Gasteiger partial charge in [0.2, 0.25) is 0 Å². The van der Waals surface area contributed by atoms with E-state index in [-0.39, 0.29) is 23.8 Å². The molecule has 3 aromatic carbocycles. The molecule has 0 aromatic heterocycles. The fourth-order valence-electron chi connectivity index (χ4n) is 4.76. The molecule has 0 radical (unpaired) electrons. The molecular formula is C34H45NO4SSi. The van der Waals surface area contributed by atoms with Gasteiger partial charge in [0.05, 0.1) is 35.6 Å². The topological polar surface area (TPSA) is 64.6 Å². The Morgan fingerprint density at radius 2 is 1.37 bits per heavy atom. The maximum atomic E-state index is 13.2. The van der Waals surface area contributed by atoms with E-state index in [0.717, 1.165) is 15.9 Å². The van der Waals surface area contributed by atoms with Crippen molar-refractivity contribution in [3.63, 3.8) is 0 Å². The number of ketones is 1. The second-order valence-electron chi connectivity index (χ2n) is 12.2. The number of carbonyl (C=O) groups is 1. The Bertz CT molecular complexity index is 1230. The van der Waals surface area contributed by atoms with E-state index in [9.17, 15) is 9.00 Å². The van der Waals surface area contributed by atoms with Crippen LogP contribution in [0.15, 0.2) is 103 Å². The summed E-state index contributed by atoms with van der Waals surface area (Å²) in [5.41, 5.74) is 1.08. The molecule has 0 bridgehead atoms. The first-order chi connectivity index (χ1) is 19.4. The van der Waals surface area contributed by atoms with Crippen molar-refractivity contribution in [2.45, 2.75) is 70.4 Å². The summed E-state index contributed by atoms with van der Waals surface area (Å²) in [6, 6.07) is 30.3. The van der Waals surface area contributed by atoms with E-state index in [1.165, 1.54) is 0 Å². The molecule has 1 N–H and O–H groups in total. The Morgan fingerprint density at radius 3 is 1.85 bits per heavy atom. The van der Waals surface area contributed by atoms with E-state index in [4.69, 9.17) is 9.16 Å². The Balaban J connectivity index is 1.80. The van der Waals surface area contributed by atoms with Gasteiger partial charge in [0.15, 0.2) is 5.78 Å². The van der Waals surface area contributed by atoms with Gasteiger partial charge >= 0.3 is 0 Å². The fraction of sp³-hybridized carbons (Fsp3) is 0.382. The van der Waals surface area contributed by atoms with Crippen LogP contribution in [0.5, 0.6) is 0 Å². The molecule has 220 valence electrons. The van der Waals surface area contributed by atoms with Crippen molar-refractivity contribution >= 4 is 35.5 Å². The lowest BCUT2D eigenvalue weighted by atomic mass is 10.1. The van der Waals surface area contributed by atoms with Crippen molar-refractivity contribution in [1.29, 1.82) is 0 Å². The summed E-state index contributed by atoms with van der Waals surface area (Å²) in [6.07, 6.45) is 3.46. The van der Waals surface area contributed by atoms with Crippen LogP contribution in [0.4, 0.5) is 0 Å². The summed E-state index contributed by atoms with van der Waals surface area (Å²) in [6.45, 7) is 13.5. The summed E-state index contributed by atoms with van der Waals surface area (Å²) in [5.74, 6) is -0.0669. The minimum absolute atomic E-state index is 0.0669. The molecular weight excluding hydrogens is 547 g/mol. The number of benzene rings is 3. The van der Waals surface area contributed by atoms with Crippen molar-refractivity contribution in [2.75, 3.05) is 13.2 Å². The molecule has 7 heteroatoms. The number of rotatable bonds is 14. The molecule has 0 aliphatic rings. The minimum atomic E-state index is -2.82. The van der Waals surface area contributed by atoms with Gasteiger partial charge in [-0.2, -0.15) is 0 Å². The smallest absolute Gasteiger partial charge is 0.261 e. The number of allylic oxidation sites excluding steroid dienone is 1. The lowest BCUT2D eigenvalue weighted by Gasteiger charge is -2.43. The second kappa shape index (κ2) is 15.0. The molecule has 0 saturated carbocycles. The van der Waals surface area contributed by atoms with Gasteiger partial charge < -0.3 is 9.16 Å². The van der Waals surface area contributed by atoms with Crippen molar-refractivity contribution in [2.24, 2.45) is 0 Å². The second-order valence-corrected chi connectivity index (χ2v) is 18.5. The third-order valence-electron chi connectivity index (χ3n) is 6.82. The van der Waals surface area contributed by atoms with Crippen molar-refractivity contribution in [1.82, 2.24) is 4.72 Å². The molecule has 3 aromatic rings.